The number of carbonyl (C=O) groups is 1. The van der Waals surface area contributed by atoms with Crippen molar-refractivity contribution in [3.8, 4) is 0 Å². The standard InChI is InChI=1S/C13H15ClN2OS.ClH/c14-9-1-2-12-10(5-9)11(3-4-18-12)16-13(17)8-6-15-7-8;/h1-2,5,8,11,15H,3-4,6-7H2,(H,16,17);1H. The molecule has 0 aliphatic carbocycles. The van der Waals surface area contributed by atoms with E-state index < -0.39 is 0 Å². The highest BCUT2D eigenvalue weighted by molar-refractivity contribution is 7.99. The van der Waals surface area contributed by atoms with E-state index in [4.69, 9.17) is 11.6 Å². The van der Waals surface area contributed by atoms with Crippen LogP contribution < -0.4 is 10.6 Å². The van der Waals surface area contributed by atoms with Gasteiger partial charge >= 0.3 is 0 Å². The summed E-state index contributed by atoms with van der Waals surface area (Å²) in [5.41, 5.74) is 1.17. The van der Waals surface area contributed by atoms with Gasteiger partial charge in [0.15, 0.2) is 0 Å². The van der Waals surface area contributed by atoms with Gasteiger partial charge in [-0.25, -0.2) is 0 Å². The molecule has 1 aromatic rings. The van der Waals surface area contributed by atoms with Crippen LogP contribution in [-0.4, -0.2) is 24.7 Å². The lowest BCUT2D eigenvalue weighted by molar-refractivity contribution is -0.127. The lowest BCUT2D eigenvalue weighted by Gasteiger charge is -2.31. The van der Waals surface area contributed by atoms with E-state index in [1.165, 1.54) is 10.5 Å². The van der Waals surface area contributed by atoms with Gasteiger partial charge in [0.2, 0.25) is 5.91 Å². The van der Waals surface area contributed by atoms with Crippen LogP contribution in [0.2, 0.25) is 5.02 Å². The number of benzene rings is 1. The van der Waals surface area contributed by atoms with E-state index in [1.54, 1.807) is 0 Å². The van der Waals surface area contributed by atoms with Crippen LogP contribution in [-0.2, 0) is 4.79 Å². The van der Waals surface area contributed by atoms with Gasteiger partial charge in [0.25, 0.3) is 0 Å². The third-order valence-corrected chi connectivity index (χ3v) is 4.84. The van der Waals surface area contributed by atoms with Gasteiger partial charge in [0, 0.05) is 28.8 Å². The number of rotatable bonds is 2. The van der Waals surface area contributed by atoms with Gasteiger partial charge < -0.3 is 10.6 Å². The maximum absolute atomic E-state index is 12.0. The summed E-state index contributed by atoms with van der Waals surface area (Å²) >= 11 is 7.88. The number of amides is 1. The molecule has 0 saturated carbocycles. The molecule has 104 valence electrons. The maximum Gasteiger partial charge on any atom is 0.226 e. The molecule has 19 heavy (non-hydrogen) atoms. The van der Waals surface area contributed by atoms with Crippen molar-refractivity contribution in [3.05, 3.63) is 28.8 Å². The summed E-state index contributed by atoms with van der Waals surface area (Å²) in [5, 5.41) is 7.01. The van der Waals surface area contributed by atoms with Crippen LogP contribution in [0.25, 0.3) is 0 Å². The largest absolute Gasteiger partial charge is 0.349 e. The van der Waals surface area contributed by atoms with Crippen molar-refractivity contribution in [3.63, 3.8) is 0 Å². The first-order chi connectivity index (χ1) is 8.74. The van der Waals surface area contributed by atoms with Gasteiger partial charge in [-0.15, -0.1) is 24.2 Å². The lowest BCUT2D eigenvalue weighted by atomic mass is 9.99. The normalized spacial score (nSPS) is 21.8. The first-order valence-electron chi connectivity index (χ1n) is 6.17. The maximum atomic E-state index is 12.0. The molecule has 1 atom stereocenters. The predicted molar refractivity (Wildman–Crippen MR) is 81.3 cm³/mol. The average Bonchev–Trinajstić information content (AvgIpc) is 2.27. The minimum absolute atomic E-state index is 0. The summed E-state index contributed by atoms with van der Waals surface area (Å²) in [6, 6.07) is 6.06. The Balaban J connectivity index is 0.00000133. The molecule has 6 heteroatoms. The topological polar surface area (TPSA) is 41.1 Å². The quantitative estimate of drug-likeness (QED) is 0.880. The second-order valence-corrected chi connectivity index (χ2v) is 6.31. The van der Waals surface area contributed by atoms with Crippen molar-refractivity contribution in [2.75, 3.05) is 18.8 Å². The van der Waals surface area contributed by atoms with Crippen molar-refractivity contribution in [2.24, 2.45) is 5.92 Å². The Labute approximate surface area is 128 Å². The molecule has 0 spiro atoms. The first kappa shape index (κ1) is 15.0. The van der Waals surface area contributed by atoms with Gasteiger partial charge in [-0.3, -0.25) is 4.79 Å². The summed E-state index contributed by atoms with van der Waals surface area (Å²) < 4.78 is 0. The van der Waals surface area contributed by atoms with Crippen LogP contribution in [0.3, 0.4) is 0 Å². The van der Waals surface area contributed by atoms with Crippen molar-refractivity contribution < 1.29 is 4.79 Å². The van der Waals surface area contributed by atoms with Crippen LogP contribution in [0.15, 0.2) is 23.1 Å². The van der Waals surface area contributed by atoms with E-state index in [2.05, 4.69) is 10.6 Å². The Bertz CT molecular complexity index is 480. The molecule has 2 heterocycles. The number of halogens is 2. The molecule has 2 N–H and O–H groups in total. The van der Waals surface area contributed by atoms with Gasteiger partial charge in [0.05, 0.1) is 12.0 Å². The number of nitrogens with one attached hydrogen (secondary N) is 2. The fraction of sp³-hybridized carbons (Fsp3) is 0.462. The SMILES string of the molecule is Cl.O=C(NC1CCSc2ccc(Cl)cc21)C1CNC1. The molecule has 1 saturated heterocycles. The van der Waals surface area contributed by atoms with E-state index in [0.29, 0.717) is 0 Å². The Morgan fingerprint density at radius 1 is 1.42 bits per heavy atom. The van der Waals surface area contributed by atoms with Crippen LogP contribution in [0.1, 0.15) is 18.0 Å². The zero-order valence-corrected chi connectivity index (χ0v) is 12.7. The second-order valence-electron chi connectivity index (χ2n) is 4.74. The molecular weight excluding hydrogens is 303 g/mol. The minimum atomic E-state index is 0. The number of fused-ring (bicyclic) bond motifs is 1. The van der Waals surface area contributed by atoms with Crippen LogP contribution in [0.5, 0.6) is 0 Å². The third kappa shape index (κ3) is 3.19. The zero-order valence-electron chi connectivity index (χ0n) is 10.3. The van der Waals surface area contributed by atoms with Crippen LogP contribution in [0, 0.1) is 5.92 Å². The first-order valence-corrected chi connectivity index (χ1v) is 7.54. The smallest absolute Gasteiger partial charge is 0.226 e. The van der Waals surface area contributed by atoms with Crippen LogP contribution in [0.4, 0.5) is 0 Å². The molecule has 0 aromatic heterocycles. The Morgan fingerprint density at radius 3 is 2.89 bits per heavy atom. The number of thioether (sulfide) groups is 1. The third-order valence-electron chi connectivity index (χ3n) is 3.48. The van der Waals surface area contributed by atoms with Crippen molar-refractivity contribution in [2.45, 2.75) is 17.4 Å². The van der Waals surface area contributed by atoms with E-state index in [9.17, 15) is 4.79 Å². The molecule has 1 fully saturated rings. The molecule has 3 rings (SSSR count). The Hall–Kier alpha value is -0.420. The monoisotopic (exact) mass is 318 g/mol. The Morgan fingerprint density at radius 2 is 2.21 bits per heavy atom. The van der Waals surface area contributed by atoms with E-state index in [0.717, 1.165) is 30.3 Å². The van der Waals surface area contributed by atoms with E-state index >= 15 is 0 Å². The molecule has 2 aliphatic rings. The van der Waals surface area contributed by atoms with Gasteiger partial charge in [-0.05, 0) is 30.2 Å². The minimum Gasteiger partial charge on any atom is -0.349 e. The van der Waals surface area contributed by atoms with Gasteiger partial charge in [0.1, 0.15) is 0 Å². The highest BCUT2D eigenvalue weighted by atomic mass is 35.5. The molecule has 0 radical (unpaired) electrons. The second kappa shape index (κ2) is 6.35. The summed E-state index contributed by atoms with van der Waals surface area (Å²) in [6.45, 7) is 1.60. The highest BCUT2D eigenvalue weighted by Gasteiger charge is 2.29. The fourth-order valence-electron chi connectivity index (χ4n) is 2.28. The van der Waals surface area contributed by atoms with Gasteiger partial charge in [-0.2, -0.15) is 0 Å². The zero-order chi connectivity index (χ0) is 12.5. The predicted octanol–water partition coefficient (Wildman–Crippen LogP) is 2.63. The van der Waals surface area contributed by atoms with Crippen molar-refractivity contribution in [1.29, 1.82) is 0 Å². The summed E-state index contributed by atoms with van der Waals surface area (Å²) in [4.78, 5) is 13.2. The van der Waals surface area contributed by atoms with E-state index in [-0.39, 0.29) is 30.3 Å². The summed E-state index contributed by atoms with van der Waals surface area (Å²) in [5.74, 6) is 1.35. The molecule has 2 aliphatic heterocycles. The molecule has 1 unspecified atom stereocenters. The van der Waals surface area contributed by atoms with Crippen LogP contribution >= 0.6 is 35.8 Å². The molecule has 1 aromatic carbocycles. The number of hydrogen-bond acceptors (Lipinski definition) is 3. The van der Waals surface area contributed by atoms with Gasteiger partial charge in [-0.1, -0.05) is 11.6 Å². The molecule has 3 nitrogen and oxygen atoms in total. The summed E-state index contributed by atoms with van der Waals surface area (Å²) in [7, 11) is 0. The Kier molecular flexibility index (Phi) is 5.01. The molecule has 1 amide bonds. The number of hydrogen-bond donors (Lipinski definition) is 2. The van der Waals surface area contributed by atoms with Crippen molar-refractivity contribution >= 4 is 41.7 Å². The molecule has 0 bridgehead atoms. The lowest BCUT2D eigenvalue weighted by Crippen LogP contribution is -2.51. The molecular formula is C13H16Cl2N2OS. The van der Waals surface area contributed by atoms with Crippen molar-refractivity contribution in [1.82, 2.24) is 10.6 Å². The van der Waals surface area contributed by atoms with E-state index in [1.807, 2.05) is 30.0 Å². The number of carbonyl (C=O) groups excluding carboxylic acids is 1. The average molecular weight is 319 g/mol. The highest BCUT2D eigenvalue weighted by Crippen LogP contribution is 2.37. The fourth-order valence-corrected chi connectivity index (χ4v) is 3.57. The summed E-state index contributed by atoms with van der Waals surface area (Å²) in [6.07, 6.45) is 0.976.